The van der Waals surface area contributed by atoms with Crippen molar-refractivity contribution in [2.24, 2.45) is 0 Å². The van der Waals surface area contributed by atoms with Crippen LogP contribution < -0.4 is 4.90 Å². The third-order valence-electron chi connectivity index (χ3n) is 9.06. The minimum Gasteiger partial charge on any atom is -0.456 e. The van der Waals surface area contributed by atoms with E-state index < -0.39 is 179 Å². The topological polar surface area (TPSA) is 29.5 Å². The van der Waals surface area contributed by atoms with Gasteiger partial charge in [0.1, 0.15) is 22.3 Å². The van der Waals surface area contributed by atoms with Gasteiger partial charge in [0.05, 0.1) is 34.3 Å². The number of rotatable bonds is 6. The molecule has 0 radical (unpaired) electrons. The molecule has 0 aliphatic rings. The second-order valence-electron chi connectivity index (χ2n) is 12.2. The zero-order valence-electron chi connectivity index (χ0n) is 52.9. The lowest BCUT2D eigenvalue weighted by Crippen LogP contribution is -2.09. The van der Waals surface area contributed by atoms with Crippen molar-refractivity contribution in [1.29, 1.82) is 0 Å². The van der Waals surface area contributed by atoms with E-state index in [1.807, 2.05) is 0 Å². The van der Waals surface area contributed by atoms with E-state index in [9.17, 15) is 8.22 Å². The van der Waals surface area contributed by atoms with Crippen molar-refractivity contribution >= 4 is 71.7 Å². The quantitative estimate of drug-likeness (QED) is 0.171. The van der Waals surface area contributed by atoms with E-state index in [0.29, 0.717) is 0 Å². The predicted molar refractivity (Wildman–Crippen MR) is 229 cm³/mol. The van der Waals surface area contributed by atoms with Gasteiger partial charge in [0.15, 0.2) is 0 Å². The van der Waals surface area contributed by atoms with Crippen LogP contribution in [-0.2, 0) is 0 Å². The van der Waals surface area contributed by atoms with Crippen LogP contribution in [0, 0.1) is 0 Å². The zero-order chi connectivity index (χ0) is 58.1. The number of nitrogens with zero attached hydrogens (tertiary/aromatic N) is 1. The van der Waals surface area contributed by atoms with Crippen molar-refractivity contribution in [2.45, 2.75) is 0 Å². The van der Waals surface area contributed by atoms with Gasteiger partial charge in [-0.1, -0.05) is 133 Å². The summed E-state index contributed by atoms with van der Waals surface area (Å²) in [5, 5.41) is -1.56. The van der Waals surface area contributed by atoms with E-state index in [0.717, 1.165) is 0 Å². The summed E-state index contributed by atoms with van der Waals surface area (Å²) in [5.41, 5.74) is -3.12. The summed E-state index contributed by atoms with van der Waals surface area (Å²) in [4.78, 5) is 1.26. The van der Waals surface area contributed by atoms with E-state index in [-0.39, 0.29) is 77.1 Å². The van der Waals surface area contributed by atoms with E-state index in [4.69, 9.17) is 34.9 Å². The Hall–Kier alpha value is -7.36. The van der Waals surface area contributed by atoms with Gasteiger partial charge in [-0.25, -0.2) is 0 Å². The average molecular weight is 729 g/mol. The molecule has 0 atom stereocenters. The highest BCUT2D eigenvalue weighted by molar-refractivity contribution is 6.19. The fourth-order valence-corrected chi connectivity index (χ4v) is 6.54. The molecule has 0 N–H and O–H groups in total. The Kier molecular flexibility index (Phi) is 3.49. The molecule has 0 aliphatic carbocycles. The molecule has 2 aromatic heterocycles. The lowest BCUT2D eigenvalue weighted by molar-refractivity contribution is 0.668. The zero-order valence-corrected chi connectivity index (χ0v) is 27.9. The summed E-state index contributed by atoms with van der Waals surface area (Å²) in [6.45, 7) is 0. The Labute approximate surface area is 353 Å². The summed E-state index contributed by atoms with van der Waals surface area (Å²) in [7, 11) is 0. The van der Waals surface area contributed by atoms with Crippen molar-refractivity contribution in [1.82, 2.24) is 0 Å². The second kappa shape index (κ2) is 12.6. The van der Waals surface area contributed by atoms with Crippen LogP contribution in [0.25, 0.3) is 88.0 Å². The Bertz CT molecular complexity index is 4590. The standard InChI is InChI=1S/C52H33NO2/c1-2-9-34(10-3-1)35-19-26-40(27-20-35)53(42-30-23-37(24-31-42)43-13-8-16-49-51(43)44-11-4-6-14-47(44)54-49)41-28-21-36(22-29-41)39-18-17-38-25-32-50-52(46(38)33-39)45-12-5-7-15-48(45)55-50/h1-33H/i1D,2D,3D,4D,5D,6D,7D,8D,9D,10D,11D,12D,13D,14D,15D,16D,17D,18D,23D,24D,25D,30D,31D,32D,33D. The van der Waals surface area contributed by atoms with Gasteiger partial charge in [0.25, 0.3) is 0 Å². The molecule has 0 bridgehead atoms. The van der Waals surface area contributed by atoms with Gasteiger partial charge in [-0.05, 0) is 111 Å². The van der Waals surface area contributed by atoms with Crippen molar-refractivity contribution in [3.8, 4) is 33.4 Å². The van der Waals surface area contributed by atoms with Crippen LogP contribution >= 0.6 is 0 Å². The fraction of sp³-hybridized carbons (Fsp3) is 0. The Morgan fingerprint density at radius 3 is 1.58 bits per heavy atom. The maximum absolute atomic E-state index is 9.63. The third-order valence-corrected chi connectivity index (χ3v) is 9.06. The van der Waals surface area contributed by atoms with Crippen molar-refractivity contribution in [3.05, 3.63) is 200 Å². The van der Waals surface area contributed by atoms with Gasteiger partial charge < -0.3 is 13.7 Å². The Balaban J connectivity index is 1.16. The van der Waals surface area contributed by atoms with Crippen LogP contribution in [0.3, 0.4) is 0 Å². The summed E-state index contributed by atoms with van der Waals surface area (Å²) in [6, 6.07) is -5.02. The first-order chi connectivity index (χ1) is 37.7. The normalized spacial score (nSPS) is 18.0. The minimum atomic E-state index is -0.815. The molecule has 258 valence electrons. The van der Waals surface area contributed by atoms with Crippen LogP contribution in [0.2, 0.25) is 0 Å². The molecule has 0 amide bonds. The van der Waals surface area contributed by atoms with Gasteiger partial charge >= 0.3 is 0 Å². The van der Waals surface area contributed by atoms with Gasteiger partial charge in [0.2, 0.25) is 0 Å². The summed E-state index contributed by atoms with van der Waals surface area (Å²) in [5.74, 6) is 0. The van der Waals surface area contributed by atoms with Crippen molar-refractivity contribution in [3.63, 3.8) is 0 Å². The Morgan fingerprint density at radius 1 is 0.345 bits per heavy atom. The van der Waals surface area contributed by atoms with Gasteiger partial charge in [-0.15, -0.1) is 0 Å². The van der Waals surface area contributed by atoms with Crippen LogP contribution in [0.5, 0.6) is 0 Å². The number of hydrogen-bond donors (Lipinski definition) is 0. The summed E-state index contributed by atoms with van der Waals surface area (Å²) in [6.07, 6.45) is 0. The van der Waals surface area contributed by atoms with E-state index in [1.165, 1.54) is 53.4 Å². The molecule has 0 spiro atoms. The minimum absolute atomic E-state index is 0.0710. The molecule has 9 aromatic carbocycles. The maximum Gasteiger partial charge on any atom is 0.136 e. The molecule has 11 rings (SSSR count). The molecular formula is C52H33NO2. The molecule has 0 saturated carbocycles. The highest BCUT2D eigenvalue weighted by Gasteiger charge is 2.17. The van der Waals surface area contributed by atoms with Crippen LogP contribution in [0.1, 0.15) is 34.3 Å². The molecular weight excluding hydrogens is 671 g/mol. The molecule has 0 unspecified atom stereocenters. The molecule has 55 heavy (non-hydrogen) atoms. The first-order valence-corrected chi connectivity index (χ1v) is 16.6. The maximum atomic E-state index is 9.63. The molecule has 3 heteroatoms. The number of anilines is 3. The number of fused-ring (bicyclic) bond motifs is 8. The monoisotopic (exact) mass is 728 g/mol. The lowest BCUT2D eigenvalue weighted by atomic mass is 9.97. The van der Waals surface area contributed by atoms with Crippen LogP contribution in [-0.4, -0.2) is 0 Å². The van der Waals surface area contributed by atoms with E-state index in [2.05, 4.69) is 0 Å². The molecule has 0 saturated heterocycles. The van der Waals surface area contributed by atoms with Crippen molar-refractivity contribution < 1.29 is 43.1 Å². The van der Waals surface area contributed by atoms with E-state index >= 15 is 0 Å². The van der Waals surface area contributed by atoms with Gasteiger partial charge in [0, 0.05) is 38.6 Å². The molecule has 0 fully saturated rings. The number of benzene rings is 9. The largest absolute Gasteiger partial charge is 0.456 e. The molecule has 2 heterocycles. The number of para-hydroxylation sites is 2. The van der Waals surface area contributed by atoms with Crippen LogP contribution in [0.15, 0.2) is 208 Å². The smallest absolute Gasteiger partial charge is 0.136 e. The first-order valence-electron chi connectivity index (χ1n) is 29.1. The van der Waals surface area contributed by atoms with Crippen molar-refractivity contribution in [2.75, 3.05) is 4.90 Å². The SMILES string of the molecule is [2H]c1c([2H])c([2H])c(-c2ccc(N(c3ccc(-c4c([2H])c([2H])c5c([2H])c([2H])c6oc7c([2H])c([2H])c([2H])c([2H])c7c6c5c4[2H])cc3)c3c([2H])c([2H])c(-c4c([2H])c([2H])c([2H])c5oc6c([2H])c([2H])c([2H])c([2H])c6c45)c([2H])c3[2H])cc2)c([2H])c1[2H]. The lowest BCUT2D eigenvalue weighted by Gasteiger charge is -2.26. The van der Waals surface area contributed by atoms with Gasteiger partial charge in [-0.2, -0.15) is 0 Å². The molecule has 0 aliphatic heterocycles. The highest BCUT2D eigenvalue weighted by atomic mass is 16.3. The second-order valence-corrected chi connectivity index (χ2v) is 12.2. The highest BCUT2D eigenvalue weighted by Crippen LogP contribution is 2.41. The average Bonchev–Trinajstić information content (AvgIpc) is 4.23. The Morgan fingerprint density at radius 2 is 0.891 bits per heavy atom. The van der Waals surface area contributed by atoms with Crippen LogP contribution in [0.4, 0.5) is 17.1 Å². The molecule has 11 aromatic rings. The summed E-state index contributed by atoms with van der Waals surface area (Å²) >= 11 is 0. The number of hydrogen-bond acceptors (Lipinski definition) is 3. The third kappa shape index (κ3) is 5.28. The summed E-state index contributed by atoms with van der Waals surface area (Å²) < 4.78 is 232. The molecule has 3 nitrogen and oxygen atoms in total. The van der Waals surface area contributed by atoms with E-state index in [1.54, 1.807) is 0 Å². The van der Waals surface area contributed by atoms with Gasteiger partial charge in [-0.3, -0.25) is 0 Å². The fourth-order valence-electron chi connectivity index (χ4n) is 6.54. The number of furan rings is 2. The predicted octanol–water partition coefficient (Wildman–Crippen LogP) is 15.1. The first kappa shape index (κ1) is 15.2.